The zero-order chi connectivity index (χ0) is 24.5. The van der Waals surface area contributed by atoms with Gasteiger partial charge in [-0.1, -0.05) is 54.6 Å². The van der Waals surface area contributed by atoms with Gasteiger partial charge in [0.05, 0.1) is 11.0 Å². The lowest BCUT2D eigenvalue weighted by atomic mass is 10.0. The van der Waals surface area contributed by atoms with E-state index in [0.717, 1.165) is 44.2 Å². The maximum absolute atomic E-state index is 12.3. The van der Waals surface area contributed by atoms with E-state index in [4.69, 9.17) is 10.5 Å². The molecule has 1 radical (unpaired) electrons. The number of amides is 1. The number of thiophene rings is 1. The zero-order valence-corrected chi connectivity index (χ0v) is 20.3. The zero-order valence-electron chi connectivity index (χ0n) is 19.5. The second-order valence-corrected chi connectivity index (χ2v) is 9.65. The maximum Gasteiger partial charge on any atom is 0.249 e. The number of fused-ring (bicyclic) bond motifs is 3. The summed E-state index contributed by atoms with van der Waals surface area (Å²) in [6.07, 6.45) is 0. The Morgan fingerprint density at radius 3 is 2.53 bits per heavy atom. The van der Waals surface area contributed by atoms with Crippen LogP contribution in [0.2, 0.25) is 0 Å². The third kappa shape index (κ3) is 4.14. The molecule has 0 aliphatic carbocycles. The average molecular weight is 488 g/mol. The number of primary amides is 1. The molecule has 0 saturated heterocycles. The lowest BCUT2D eigenvalue weighted by Gasteiger charge is -2.11. The van der Waals surface area contributed by atoms with Gasteiger partial charge in [-0.25, -0.2) is 0 Å². The summed E-state index contributed by atoms with van der Waals surface area (Å²) in [7, 11) is 0. The van der Waals surface area contributed by atoms with Gasteiger partial charge in [0, 0.05) is 27.8 Å². The number of nitrogens with zero attached hydrogens (tertiary/aromatic N) is 1. The largest absolute Gasteiger partial charge is 0.489 e. The minimum absolute atomic E-state index is 0.438. The molecule has 0 unspecified atom stereocenters. The summed E-state index contributed by atoms with van der Waals surface area (Å²) in [5, 5.41) is 3.81. The van der Waals surface area contributed by atoms with E-state index in [1.54, 1.807) is 17.4 Å². The van der Waals surface area contributed by atoms with Gasteiger partial charge in [-0.2, -0.15) is 0 Å². The highest BCUT2D eigenvalue weighted by Crippen LogP contribution is 2.36. The predicted octanol–water partition coefficient (Wildman–Crippen LogP) is 7.05. The first-order chi connectivity index (χ1) is 17.7. The molecule has 0 saturated carbocycles. The van der Waals surface area contributed by atoms with Crippen LogP contribution in [0.15, 0.2) is 102 Å². The van der Waals surface area contributed by atoms with Crippen LogP contribution in [0.3, 0.4) is 0 Å². The van der Waals surface area contributed by atoms with Crippen molar-refractivity contribution >= 4 is 39.0 Å². The molecule has 0 aliphatic rings. The summed E-state index contributed by atoms with van der Waals surface area (Å²) in [6.45, 7) is 1.13. The van der Waals surface area contributed by atoms with Gasteiger partial charge >= 0.3 is 0 Å². The smallest absolute Gasteiger partial charge is 0.249 e. The molecule has 1 amide bonds. The van der Waals surface area contributed by atoms with Crippen LogP contribution >= 0.6 is 11.3 Å². The highest BCUT2D eigenvalue weighted by atomic mass is 32.1. The van der Waals surface area contributed by atoms with Crippen LogP contribution in [-0.2, 0) is 13.2 Å². The molecule has 0 bridgehead atoms. The summed E-state index contributed by atoms with van der Waals surface area (Å²) in [5.41, 5.74) is 11.6. The van der Waals surface area contributed by atoms with Gasteiger partial charge in [-0.15, -0.1) is 11.3 Å². The van der Waals surface area contributed by atoms with Gasteiger partial charge in [-0.3, -0.25) is 4.79 Å². The molecule has 2 aromatic heterocycles. The van der Waals surface area contributed by atoms with Gasteiger partial charge < -0.3 is 15.0 Å². The monoisotopic (exact) mass is 487 g/mol. The summed E-state index contributed by atoms with van der Waals surface area (Å²) < 4.78 is 8.31. The Labute approximate surface area is 213 Å². The Hall–Kier alpha value is -4.35. The molecule has 0 atom stereocenters. The molecule has 5 heteroatoms. The van der Waals surface area contributed by atoms with E-state index in [1.165, 1.54) is 4.88 Å². The van der Waals surface area contributed by atoms with Crippen molar-refractivity contribution in [2.24, 2.45) is 5.73 Å². The summed E-state index contributed by atoms with van der Waals surface area (Å²) in [6, 6.07) is 35.8. The van der Waals surface area contributed by atoms with Crippen molar-refractivity contribution < 1.29 is 9.53 Å². The van der Waals surface area contributed by atoms with Crippen molar-refractivity contribution in [1.29, 1.82) is 0 Å². The maximum atomic E-state index is 12.3. The van der Waals surface area contributed by atoms with Gasteiger partial charge in [0.15, 0.2) is 0 Å². The van der Waals surface area contributed by atoms with Crippen LogP contribution in [0.5, 0.6) is 5.75 Å². The third-order valence-electron chi connectivity index (χ3n) is 6.35. The SMILES string of the molecule is NC(=O)c1cccc2c1c1[c]cc(-c3cccs3)cc1n2Cc1cccc(OCc2ccccc2)c1. The van der Waals surface area contributed by atoms with Crippen LogP contribution in [0, 0.1) is 6.07 Å². The van der Waals surface area contributed by atoms with Crippen LogP contribution in [0.25, 0.3) is 32.2 Å². The van der Waals surface area contributed by atoms with Gasteiger partial charge in [0.2, 0.25) is 5.91 Å². The van der Waals surface area contributed by atoms with Gasteiger partial charge in [0.1, 0.15) is 12.4 Å². The number of ether oxygens (including phenoxy) is 1. The first kappa shape index (κ1) is 22.1. The third-order valence-corrected chi connectivity index (χ3v) is 7.27. The van der Waals surface area contributed by atoms with E-state index >= 15 is 0 Å². The van der Waals surface area contributed by atoms with E-state index in [2.05, 4.69) is 52.4 Å². The number of hydrogen-bond donors (Lipinski definition) is 1. The van der Waals surface area contributed by atoms with Crippen molar-refractivity contribution in [3.63, 3.8) is 0 Å². The molecule has 0 aliphatic heterocycles. The van der Waals surface area contributed by atoms with E-state index in [-0.39, 0.29) is 0 Å². The molecular formula is C31H23N2O2S. The number of aromatic nitrogens is 1. The molecule has 6 rings (SSSR count). The normalized spacial score (nSPS) is 11.2. The predicted molar refractivity (Wildman–Crippen MR) is 146 cm³/mol. The van der Waals surface area contributed by atoms with Crippen LogP contribution in [0.1, 0.15) is 21.5 Å². The molecule has 6 aromatic rings. The number of hydrogen-bond acceptors (Lipinski definition) is 3. The van der Waals surface area contributed by atoms with Crippen molar-refractivity contribution in [1.82, 2.24) is 4.57 Å². The number of benzene rings is 4. The van der Waals surface area contributed by atoms with Crippen molar-refractivity contribution in [2.45, 2.75) is 13.2 Å². The summed E-state index contributed by atoms with van der Waals surface area (Å²) >= 11 is 1.70. The first-order valence-electron chi connectivity index (χ1n) is 11.7. The van der Waals surface area contributed by atoms with E-state index in [0.29, 0.717) is 18.7 Å². The van der Waals surface area contributed by atoms with E-state index in [9.17, 15) is 4.79 Å². The van der Waals surface area contributed by atoms with Crippen molar-refractivity contribution in [2.75, 3.05) is 0 Å². The van der Waals surface area contributed by atoms with Gasteiger partial charge in [0.25, 0.3) is 0 Å². The van der Waals surface area contributed by atoms with Crippen LogP contribution in [0.4, 0.5) is 0 Å². The van der Waals surface area contributed by atoms with Crippen LogP contribution in [-0.4, -0.2) is 10.5 Å². The number of carbonyl (C=O) groups excluding carboxylic acids is 1. The fraction of sp³-hybridized carbons (Fsp3) is 0.0645. The molecule has 0 spiro atoms. The second kappa shape index (κ2) is 9.36. The minimum Gasteiger partial charge on any atom is -0.489 e. The van der Waals surface area contributed by atoms with E-state index in [1.807, 2.05) is 54.6 Å². The van der Waals surface area contributed by atoms with Crippen molar-refractivity contribution in [3.8, 4) is 16.2 Å². The summed E-state index contributed by atoms with van der Waals surface area (Å²) in [5.74, 6) is 0.382. The Kier molecular flexibility index (Phi) is 5.76. The Morgan fingerprint density at radius 1 is 0.889 bits per heavy atom. The second-order valence-electron chi connectivity index (χ2n) is 8.70. The quantitative estimate of drug-likeness (QED) is 0.262. The summed E-state index contributed by atoms with van der Waals surface area (Å²) in [4.78, 5) is 13.5. The molecule has 2 N–H and O–H groups in total. The number of rotatable bonds is 7. The molecule has 175 valence electrons. The molecule has 0 fully saturated rings. The molecule has 36 heavy (non-hydrogen) atoms. The first-order valence-corrected chi connectivity index (χ1v) is 12.6. The average Bonchev–Trinajstić information content (AvgIpc) is 3.55. The van der Waals surface area contributed by atoms with Gasteiger partial charge in [-0.05, 0) is 70.6 Å². The Morgan fingerprint density at radius 2 is 1.72 bits per heavy atom. The van der Waals surface area contributed by atoms with Crippen LogP contribution < -0.4 is 10.5 Å². The number of nitrogens with two attached hydrogens (primary N) is 1. The molecule has 4 nitrogen and oxygen atoms in total. The fourth-order valence-corrected chi connectivity index (χ4v) is 5.39. The minimum atomic E-state index is -0.438. The van der Waals surface area contributed by atoms with E-state index < -0.39 is 5.91 Å². The Balaban J connectivity index is 1.44. The topological polar surface area (TPSA) is 57.2 Å². The lowest BCUT2D eigenvalue weighted by Crippen LogP contribution is -2.11. The Bertz CT molecular complexity index is 1690. The molecular weight excluding hydrogens is 464 g/mol. The highest BCUT2D eigenvalue weighted by Gasteiger charge is 2.18. The van der Waals surface area contributed by atoms with Crippen molar-refractivity contribution in [3.05, 3.63) is 125 Å². The molecule has 4 aromatic carbocycles. The fourth-order valence-electron chi connectivity index (χ4n) is 4.67. The highest BCUT2D eigenvalue weighted by molar-refractivity contribution is 7.13. The number of carbonyl (C=O) groups is 1. The lowest BCUT2D eigenvalue weighted by molar-refractivity contribution is 0.100. The standard InChI is InChI=1S/C31H23N2O2S/c32-31(34)26-11-5-12-27-30(26)25-15-14-23(29-13-6-16-36-29)18-28(25)33(27)19-22-9-4-10-24(17-22)35-20-21-7-2-1-3-8-21/h1-14,16-18H,19-20H2,(H2,32,34). The molecule has 2 heterocycles.